The van der Waals surface area contributed by atoms with Gasteiger partial charge in [-0.2, -0.15) is 11.6 Å². The molecule has 0 aromatic heterocycles. The van der Waals surface area contributed by atoms with E-state index in [0.717, 1.165) is 0 Å². The Morgan fingerprint density at radius 3 is 2.28 bits per heavy atom. The number of hydrogen-bond acceptors (Lipinski definition) is 3. The molecule has 0 fully saturated rings. The zero-order valence-corrected chi connectivity index (χ0v) is 13.1. The molecule has 2 aliphatic rings. The highest BCUT2D eigenvalue weighted by Crippen LogP contribution is 2.39. The van der Waals surface area contributed by atoms with Gasteiger partial charge in [0.25, 0.3) is 0 Å². The molecule has 0 saturated carbocycles. The molecule has 0 atom stereocenters. The molecule has 0 saturated heterocycles. The highest BCUT2D eigenvalue weighted by Gasteiger charge is 2.43. The van der Waals surface area contributed by atoms with Gasteiger partial charge in [-0.3, -0.25) is 0 Å². The summed E-state index contributed by atoms with van der Waals surface area (Å²) in [6.07, 6.45) is 11.2. The molecular weight excluding hydrogens is 239 g/mol. The van der Waals surface area contributed by atoms with Gasteiger partial charge < -0.3 is 9.62 Å². The third-order valence-electron chi connectivity index (χ3n) is 2.90. The maximum atomic E-state index is 2.46. The van der Waals surface area contributed by atoms with Crippen LogP contribution in [0, 0.1) is 0 Å². The number of rotatable bonds is 1. The van der Waals surface area contributed by atoms with Gasteiger partial charge in [0, 0.05) is 22.2 Å². The van der Waals surface area contributed by atoms with E-state index in [4.69, 9.17) is 0 Å². The van der Waals surface area contributed by atoms with Crippen LogP contribution in [0.2, 0.25) is 0 Å². The minimum Gasteiger partial charge on any atom is -0.386 e. The standard InChI is InChI=1S/C14H23BN2S/c1-13(2,3)17-11-12-9-7-8-10-16(12)15(17)18-14(4,5)6/h7-11H,1-6H3. The molecule has 2 rings (SSSR count). The Balaban J connectivity index is 2.30. The smallest absolute Gasteiger partial charge is 0.386 e. The summed E-state index contributed by atoms with van der Waals surface area (Å²) >= 11 is 2.00. The number of allylic oxidation sites excluding steroid dienone is 3. The maximum absolute atomic E-state index is 2.46. The zero-order valence-electron chi connectivity index (χ0n) is 12.3. The molecule has 0 spiro atoms. The topological polar surface area (TPSA) is 6.48 Å². The molecule has 0 N–H and O–H groups in total. The fraction of sp³-hybridized carbons (Fsp3) is 0.571. The van der Waals surface area contributed by atoms with Crippen molar-refractivity contribution in [3.8, 4) is 0 Å². The normalized spacial score (nSPS) is 19.4. The van der Waals surface area contributed by atoms with Crippen LogP contribution in [0.15, 0.2) is 36.3 Å². The average Bonchev–Trinajstić information content (AvgIpc) is 2.55. The van der Waals surface area contributed by atoms with Gasteiger partial charge in [-0.1, -0.05) is 26.8 Å². The summed E-state index contributed by atoms with van der Waals surface area (Å²) in [5.41, 5.74) is 1.42. The molecule has 2 nitrogen and oxygen atoms in total. The van der Waals surface area contributed by atoms with Crippen LogP contribution < -0.4 is 0 Å². The Hall–Kier alpha value is -0.765. The number of hydrogen-bond donors (Lipinski definition) is 0. The molecule has 0 aliphatic carbocycles. The van der Waals surface area contributed by atoms with Crippen molar-refractivity contribution in [2.75, 3.05) is 0 Å². The van der Waals surface area contributed by atoms with Crippen LogP contribution in [0.25, 0.3) is 0 Å². The third-order valence-corrected chi connectivity index (χ3v) is 4.28. The lowest BCUT2D eigenvalue weighted by molar-refractivity contribution is 0.327. The van der Waals surface area contributed by atoms with Gasteiger partial charge in [0.2, 0.25) is 0 Å². The molecule has 4 heteroatoms. The van der Waals surface area contributed by atoms with Gasteiger partial charge in [0.1, 0.15) is 0 Å². The molecule has 0 unspecified atom stereocenters. The summed E-state index contributed by atoms with van der Waals surface area (Å²) in [6.45, 7) is 13.6. The molecule has 18 heavy (non-hydrogen) atoms. The first-order chi connectivity index (χ1) is 8.18. The van der Waals surface area contributed by atoms with Gasteiger partial charge in [-0.05, 0) is 39.1 Å². The fourth-order valence-corrected chi connectivity index (χ4v) is 3.50. The van der Waals surface area contributed by atoms with E-state index in [9.17, 15) is 0 Å². The zero-order chi connectivity index (χ0) is 13.6. The Morgan fingerprint density at radius 2 is 1.72 bits per heavy atom. The van der Waals surface area contributed by atoms with E-state index in [2.05, 4.69) is 81.8 Å². The summed E-state index contributed by atoms with van der Waals surface area (Å²) in [5.74, 6) is 0. The maximum Gasteiger partial charge on any atom is 0.452 e. The monoisotopic (exact) mass is 262 g/mol. The van der Waals surface area contributed by atoms with Crippen LogP contribution in [0.5, 0.6) is 0 Å². The van der Waals surface area contributed by atoms with Crippen LogP contribution in [0.1, 0.15) is 41.5 Å². The van der Waals surface area contributed by atoms with Crippen LogP contribution >= 0.6 is 11.6 Å². The predicted octanol–water partition coefficient (Wildman–Crippen LogP) is 3.84. The van der Waals surface area contributed by atoms with E-state index < -0.39 is 0 Å². The highest BCUT2D eigenvalue weighted by atomic mass is 32.2. The highest BCUT2D eigenvalue weighted by molar-refractivity contribution is 8.25. The van der Waals surface area contributed by atoms with Crippen molar-refractivity contribution in [1.29, 1.82) is 0 Å². The van der Waals surface area contributed by atoms with Gasteiger partial charge in [-0.15, -0.1) is 0 Å². The second kappa shape index (κ2) is 4.41. The molecule has 0 radical (unpaired) electrons. The lowest BCUT2D eigenvalue weighted by Crippen LogP contribution is -2.50. The first kappa shape index (κ1) is 13.7. The van der Waals surface area contributed by atoms with Crippen molar-refractivity contribution in [2.24, 2.45) is 0 Å². The summed E-state index contributed by atoms with van der Waals surface area (Å²) in [6, 6.07) is 0. The van der Waals surface area contributed by atoms with Crippen molar-refractivity contribution < 1.29 is 0 Å². The Bertz CT molecular complexity index is 412. The summed E-state index contributed by atoms with van der Waals surface area (Å²) in [5, 5.41) is 0. The minimum atomic E-state index is 0.134. The van der Waals surface area contributed by atoms with E-state index in [-0.39, 0.29) is 10.3 Å². The van der Waals surface area contributed by atoms with Gasteiger partial charge in [-0.25, -0.2) is 0 Å². The summed E-state index contributed by atoms with van der Waals surface area (Å²) in [4.78, 5) is 4.82. The first-order valence-corrected chi connectivity index (χ1v) is 7.38. The first-order valence-electron chi connectivity index (χ1n) is 6.50. The average molecular weight is 262 g/mol. The molecule has 0 bridgehead atoms. The largest absolute Gasteiger partial charge is 0.452 e. The Labute approximate surface area is 116 Å². The molecule has 98 valence electrons. The number of nitrogens with zero attached hydrogens (tertiary/aromatic N) is 2. The second-order valence-electron chi connectivity index (χ2n) is 6.80. The van der Waals surface area contributed by atoms with E-state index in [1.807, 2.05) is 11.6 Å². The van der Waals surface area contributed by atoms with Crippen LogP contribution in [-0.4, -0.2) is 26.2 Å². The van der Waals surface area contributed by atoms with Gasteiger partial charge >= 0.3 is 6.26 Å². The van der Waals surface area contributed by atoms with Crippen molar-refractivity contribution >= 4 is 17.9 Å². The second-order valence-corrected chi connectivity index (χ2v) is 8.68. The molecule has 0 aromatic carbocycles. The van der Waals surface area contributed by atoms with Crippen molar-refractivity contribution in [3.63, 3.8) is 0 Å². The number of fused-ring (bicyclic) bond motifs is 1. The third kappa shape index (κ3) is 2.79. The van der Waals surface area contributed by atoms with Gasteiger partial charge in [0.15, 0.2) is 0 Å². The van der Waals surface area contributed by atoms with E-state index in [1.54, 1.807) is 0 Å². The molecule has 0 aromatic rings. The Kier molecular flexibility index (Phi) is 3.35. The van der Waals surface area contributed by atoms with Crippen LogP contribution in [0.3, 0.4) is 0 Å². The molecular formula is C14H23BN2S. The van der Waals surface area contributed by atoms with Crippen molar-refractivity contribution in [1.82, 2.24) is 9.62 Å². The minimum absolute atomic E-state index is 0.134. The van der Waals surface area contributed by atoms with Crippen molar-refractivity contribution in [2.45, 2.75) is 51.8 Å². The fourth-order valence-electron chi connectivity index (χ4n) is 2.07. The van der Waals surface area contributed by atoms with Crippen LogP contribution in [0.4, 0.5) is 0 Å². The Morgan fingerprint density at radius 1 is 1.06 bits per heavy atom. The van der Waals surface area contributed by atoms with Crippen molar-refractivity contribution in [3.05, 3.63) is 36.3 Å². The molecule has 2 heterocycles. The van der Waals surface area contributed by atoms with E-state index in [1.165, 1.54) is 5.70 Å². The summed E-state index contributed by atoms with van der Waals surface area (Å²) in [7, 11) is 0. The lowest BCUT2D eigenvalue weighted by Gasteiger charge is -2.39. The quantitative estimate of drug-likeness (QED) is 0.663. The van der Waals surface area contributed by atoms with Crippen LogP contribution in [-0.2, 0) is 0 Å². The molecule has 0 amide bonds. The SMILES string of the molecule is CC(C)(C)SB1N2C=CC=CC2=CN1C(C)(C)C. The summed E-state index contributed by atoms with van der Waals surface area (Å²) < 4.78 is 0.243. The van der Waals surface area contributed by atoms with Gasteiger partial charge in [0.05, 0.1) is 0 Å². The lowest BCUT2D eigenvalue weighted by atomic mass is 9.95. The predicted molar refractivity (Wildman–Crippen MR) is 82.9 cm³/mol. The van der Waals surface area contributed by atoms with E-state index >= 15 is 0 Å². The van der Waals surface area contributed by atoms with E-state index in [0.29, 0.717) is 6.26 Å². The molecule has 2 aliphatic heterocycles.